The van der Waals surface area contributed by atoms with Gasteiger partial charge in [-0.05, 0) is 16.7 Å². The molecule has 2 aromatic rings. The molecule has 0 aliphatic heterocycles. The highest BCUT2D eigenvalue weighted by Crippen LogP contribution is 2.51. The predicted octanol–water partition coefficient (Wildman–Crippen LogP) is 4.71. The second-order valence-electron chi connectivity index (χ2n) is 4.74. The summed E-state index contributed by atoms with van der Waals surface area (Å²) in [6.07, 6.45) is 4.09. The quantitative estimate of drug-likeness (QED) is 0.303. The van der Waals surface area contributed by atoms with Gasteiger partial charge >= 0.3 is 7.60 Å². The second-order valence-corrected chi connectivity index (χ2v) is 6.57. The Bertz CT molecular complexity index is 657. The highest BCUT2D eigenvalue weighted by molar-refractivity contribution is 7.52. The monoisotopic (exact) mass is 334 g/mol. The van der Waals surface area contributed by atoms with Crippen LogP contribution in [-0.4, -0.2) is 14.2 Å². The normalized spacial score (nSPS) is 11.9. The van der Waals surface area contributed by atoms with Gasteiger partial charge in [0.15, 0.2) is 0 Å². The van der Waals surface area contributed by atoms with E-state index in [1.54, 1.807) is 0 Å². The van der Waals surface area contributed by atoms with Crippen LogP contribution in [0.5, 0.6) is 0 Å². The minimum atomic E-state index is -3.48. The van der Waals surface area contributed by atoms with Crippen LogP contribution in [0.4, 0.5) is 0 Å². The lowest BCUT2D eigenvalue weighted by Crippen LogP contribution is -1.98. The molecule has 2 aromatic carbocycles. The van der Waals surface area contributed by atoms with Crippen molar-refractivity contribution in [1.29, 1.82) is 0 Å². The molecule has 0 saturated heterocycles. The molecule has 0 bridgehead atoms. The second kappa shape index (κ2) is 8.77. The van der Waals surface area contributed by atoms with Crippen molar-refractivity contribution in [2.75, 3.05) is 14.2 Å². The summed E-state index contributed by atoms with van der Waals surface area (Å²) in [5.41, 5.74) is 2.95. The summed E-state index contributed by atoms with van der Waals surface area (Å²) < 4.78 is 21.7. The first-order valence-electron chi connectivity index (χ1n) is 7.01. The summed E-state index contributed by atoms with van der Waals surface area (Å²) in [4.78, 5) is 8.93. The van der Waals surface area contributed by atoms with Gasteiger partial charge in [-0.15, -0.1) is 9.35 Å². The van der Waals surface area contributed by atoms with Crippen molar-refractivity contribution >= 4 is 19.7 Å². The molecule has 0 aliphatic rings. The van der Waals surface area contributed by atoms with Crippen molar-refractivity contribution in [1.82, 2.24) is 0 Å². The van der Waals surface area contributed by atoms with Crippen LogP contribution in [0, 0.1) is 0 Å². The lowest BCUT2D eigenvalue weighted by Gasteiger charge is -2.13. The van der Waals surface area contributed by atoms with E-state index in [0.717, 1.165) is 16.7 Å². The van der Waals surface area contributed by atoms with Crippen molar-refractivity contribution in [3.8, 4) is 0 Å². The Balaban J connectivity index is 2.04. The Morgan fingerprint density at radius 2 is 1.35 bits per heavy atom. The van der Waals surface area contributed by atoms with Crippen molar-refractivity contribution in [3.05, 3.63) is 71.3 Å². The molecule has 6 heteroatoms. The summed E-state index contributed by atoms with van der Waals surface area (Å²) in [6.45, 7) is 0. The summed E-state index contributed by atoms with van der Waals surface area (Å²) in [7, 11) is -0.948. The molecule has 0 aliphatic carbocycles. The van der Waals surface area contributed by atoms with Crippen LogP contribution in [0.25, 0.3) is 12.2 Å². The van der Waals surface area contributed by atoms with Crippen molar-refractivity contribution in [2.24, 2.45) is 0 Å². The Morgan fingerprint density at radius 3 is 1.87 bits per heavy atom. The number of benzene rings is 2. The number of hydrogen-bond donors (Lipinski definition) is 0. The number of hydrogen-bond acceptors (Lipinski definition) is 5. The van der Waals surface area contributed by atoms with E-state index in [0.29, 0.717) is 0 Å². The van der Waals surface area contributed by atoms with Gasteiger partial charge in [0.05, 0.1) is 20.4 Å². The topological polar surface area (TPSA) is 54.0 Å². The average molecular weight is 334 g/mol. The minimum absolute atomic E-state index is 0.0529. The molecule has 0 unspecified atom stereocenters. The van der Waals surface area contributed by atoms with E-state index < -0.39 is 7.60 Å². The molecule has 0 fully saturated rings. The SMILES string of the molecule is COOP(=O)(Cc1ccc(C=Cc2ccccc2)cc1)OOC. The fourth-order valence-corrected chi connectivity index (χ4v) is 3.25. The van der Waals surface area contributed by atoms with Crippen LogP contribution in [-0.2, 0) is 29.9 Å². The minimum Gasteiger partial charge on any atom is -0.255 e. The van der Waals surface area contributed by atoms with Gasteiger partial charge in [0.1, 0.15) is 0 Å². The summed E-state index contributed by atoms with van der Waals surface area (Å²) in [5, 5.41) is 0. The predicted molar refractivity (Wildman–Crippen MR) is 89.3 cm³/mol. The Kier molecular flexibility index (Phi) is 6.71. The highest BCUT2D eigenvalue weighted by atomic mass is 31.2. The van der Waals surface area contributed by atoms with Crippen LogP contribution in [0.3, 0.4) is 0 Å². The zero-order valence-electron chi connectivity index (χ0n) is 13.0. The molecule has 0 radical (unpaired) electrons. The third kappa shape index (κ3) is 5.75. The van der Waals surface area contributed by atoms with Crippen LogP contribution in [0.1, 0.15) is 16.7 Å². The summed E-state index contributed by atoms with van der Waals surface area (Å²) >= 11 is 0. The molecule has 0 atom stereocenters. The van der Waals surface area contributed by atoms with Crippen LogP contribution >= 0.6 is 7.60 Å². The molecule has 5 nitrogen and oxygen atoms in total. The maximum atomic E-state index is 12.3. The van der Waals surface area contributed by atoms with E-state index in [1.165, 1.54) is 14.2 Å². The van der Waals surface area contributed by atoms with Gasteiger partial charge in [-0.1, -0.05) is 66.7 Å². The van der Waals surface area contributed by atoms with Crippen molar-refractivity contribution < 1.29 is 23.7 Å². The van der Waals surface area contributed by atoms with E-state index in [-0.39, 0.29) is 6.16 Å². The van der Waals surface area contributed by atoms with Gasteiger partial charge in [0, 0.05) is 0 Å². The number of rotatable bonds is 8. The van der Waals surface area contributed by atoms with Gasteiger partial charge in [0.25, 0.3) is 0 Å². The van der Waals surface area contributed by atoms with E-state index in [1.807, 2.05) is 66.7 Å². The fraction of sp³-hybridized carbons (Fsp3) is 0.176. The molecule has 122 valence electrons. The maximum Gasteiger partial charge on any atom is 0.388 e. The summed E-state index contributed by atoms with van der Waals surface area (Å²) in [6, 6.07) is 17.6. The third-order valence-corrected chi connectivity index (χ3v) is 4.50. The smallest absolute Gasteiger partial charge is 0.255 e. The zero-order valence-corrected chi connectivity index (χ0v) is 13.9. The van der Waals surface area contributed by atoms with Gasteiger partial charge in [-0.3, -0.25) is 4.57 Å². The maximum absolute atomic E-state index is 12.3. The van der Waals surface area contributed by atoms with Gasteiger partial charge in [-0.25, -0.2) is 9.78 Å². The fourth-order valence-electron chi connectivity index (χ4n) is 2.01. The molecule has 0 amide bonds. The van der Waals surface area contributed by atoms with Crippen LogP contribution in [0.15, 0.2) is 54.6 Å². The van der Waals surface area contributed by atoms with Crippen molar-refractivity contribution in [2.45, 2.75) is 6.16 Å². The average Bonchev–Trinajstić information content (AvgIpc) is 2.55. The summed E-state index contributed by atoms with van der Waals surface area (Å²) in [5.74, 6) is 0. The Hall–Kier alpha value is -1.75. The van der Waals surface area contributed by atoms with Gasteiger partial charge in [0.2, 0.25) is 0 Å². The Morgan fingerprint density at radius 1 is 0.826 bits per heavy atom. The molecular formula is C17H19O5P. The van der Waals surface area contributed by atoms with Crippen LogP contribution in [0.2, 0.25) is 0 Å². The lowest BCUT2D eigenvalue weighted by atomic mass is 10.1. The van der Waals surface area contributed by atoms with Crippen molar-refractivity contribution in [3.63, 3.8) is 0 Å². The van der Waals surface area contributed by atoms with Gasteiger partial charge in [-0.2, -0.15) is 0 Å². The molecule has 23 heavy (non-hydrogen) atoms. The first kappa shape index (κ1) is 17.6. The first-order valence-corrected chi connectivity index (χ1v) is 8.74. The molecule has 0 heterocycles. The van der Waals surface area contributed by atoms with E-state index in [9.17, 15) is 4.57 Å². The Labute approximate surface area is 135 Å². The van der Waals surface area contributed by atoms with Gasteiger partial charge < -0.3 is 0 Å². The van der Waals surface area contributed by atoms with E-state index >= 15 is 0 Å². The molecular weight excluding hydrogens is 315 g/mol. The van der Waals surface area contributed by atoms with E-state index in [2.05, 4.69) is 9.78 Å². The largest absolute Gasteiger partial charge is 0.388 e. The van der Waals surface area contributed by atoms with Crippen LogP contribution < -0.4 is 0 Å². The molecule has 0 spiro atoms. The lowest BCUT2D eigenvalue weighted by molar-refractivity contribution is -0.242. The molecule has 2 rings (SSSR count). The molecule has 0 N–H and O–H groups in total. The molecule has 0 saturated carbocycles. The highest BCUT2D eigenvalue weighted by Gasteiger charge is 2.27. The third-order valence-electron chi connectivity index (χ3n) is 3.00. The molecule has 0 aromatic heterocycles. The standard InChI is InChI=1S/C17H19O5P/c1-19-21-23(18,22-20-2)14-17-12-10-16(11-13-17)9-8-15-6-4-3-5-7-15/h3-13H,14H2,1-2H3. The first-order chi connectivity index (χ1) is 11.1. The van der Waals surface area contributed by atoms with E-state index in [4.69, 9.17) is 9.35 Å². The zero-order chi connectivity index (χ0) is 16.5.